The summed E-state index contributed by atoms with van der Waals surface area (Å²) in [6.07, 6.45) is 1.04. The summed E-state index contributed by atoms with van der Waals surface area (Å²) in [4.78, 5) is 12.6. The maximum Gasteiger partial charge on any atom is 0.246 e. The van der Waals surface area contributed by atoms with Crippen molar-refractivity contribution >= 4 is 17.3 Å². The first kappa shape index (κ1) is 18.1. The molecule has 3 rings (SSSR count). The zero-order valence-corrected chi connectivity index (χ0v) is 15.8. The first-order valence-corrected chi connectivity index (χ1v) is 9.07. The molecular formula is C21H26N2O3. The highest BCUT2D eigenvalue weighted by atomic mass is 16.5. The van der Waals surface area contributed by atoms with Gasteiger partial charge in [0, 0.05) is 23.7 Å². The summed E-state index contributed by atoms with van der Waals surface area (Å²) >= 11 is 0. The molecular weight excluding hydrogens is 328 g/mol. The van der Waals surface area contributed by atoms with E-state index in [1.807, 2.05) is 64.1 Å². The van der Waals surface area contributed by atoms with Crippen molar-refractivity contribution in [2.45, 2.75) is 46.3 Å². The summed E-state index contributed by atoms with van der Waals surface area (Å²) in [5.41, 5.74) is 3.76. The molecule has 2 aromatic rings. The Kier molecular flexibility index (Phi) is 5.35. The zero-order valence-electron chi connectivity index (χ0n) is 15.8. The molecule has 0 bridgehead atoms. The zero-order chi connectivity index (χ0) is 18.7. The second-order valence-electron chi connectivity index (χ2n) is 6.69. The number of carbonyl (C=O) groups is 1. The highest BCUT2D eigenvalue weighted by Gasteiger charge is 2.23. The van der Waals surface area contributed by atoms with Crippen LogP contribution in [0.25, 0.3) is 0 Å². The van der Waals surface area contributed by atoms with E-state index >= 15 is 0 Å². The lowest BCUT2D eigenvalue weighted by molar-refractivity contribution is -0.116. The quantitative estimate of drug-likeness (QED) is 0.818. The number of hydrogen-bond donors (Lipinski definition) is 2. The van der Waals surface area contributed by atoms with Gasteiger partial charge in [-0.1, -0.05) is 18.2 Å². The fraction of sp³-hybridized carbons (Fsp3) is 0.381. The minimum atomic E-state index is -0.425. The Labute approximate surface area is 154 Å². The van der Waals surface area contributed by atoms with Gasteiger partial charge in [-0.2, -0.15) is 0 Å². The van der Waals surface area contributed by atoms with Crippen LogP contribution in [0.2, 0.25) is 0 Å². The Hall–Kier alpha value is -2.69. The summed E-state index contributed by atoms with van der Waals surface area (Å²) < 4.78 is 11.6. The smallest absolute Gasteiger partial charge is 0.246 e. The standard InChI is InChI=1S/C21H26N2O3/c1-5-25-20-11-16-10-14(3)26-19(16)12-18(20)22-15(4)21(24)23-17-9-7-6-8-13(17)2/h6-9,11-12,14-15,22H,5,10H2,1-4H3,(H,23,24)/t14-,15+/m1/s1. The minimum absolute atomic E-state index is 0.100. The van der Waals surface area contributed by atoms with E-state index in [1.165, 1.54) is 0 Å². The van der Waals surface area contributed by atoms with Crippen LogP contribution in [0.3, 0.4) is 0 Å². The largest absolute Gasteiger partial charge is 0.492 e. The van der Waals surface area contributed by atoms with Gasteiger partial charge in [-0.05, 0) is 45.4 Å². The van der Waals surface area contributed by atoms with Crippen LogP contribution in [0.5, 0.6) is 11.5 Å². The Morgan fingerprint density at radius 3 is 2.81 bits per heavy atom. The molecule has 5 nitrogen and oxygen atoms in total. The molecule has 0 saturated carbocycles. The molecule has 2 aromatic carbocycles. The second kappa shape index (κ2) is 7.68. The van der Waals surface area contributed by atoms with Crippen molar-refractivity contribution in [3.05, 3.63) is 47.5 Å². The average molecular weight is 354 g/mol. The number of nitrogens with one attached hydrogen (secondary N) is 2. The lowest BCUT2D eigenvalue weighted by Gasteiger charge is -2.19. The highest BCUT2D eigenvalue weighted by Crippen LogP contribution is 2.38. The van der Waals surface area contributed by atoms with Crippen molar-refractivity contribution in [1.82, 2.24) is 0 Å². The molecule has 26 heavy (non-hydrogen) atoms. The van der Waals surface area contributed by atoms with Crippen LogP contribution in [0.1, 0.15) is 31.9 Å². The Morgan fingerprint density at radius 2 is 2.08 bits per heavy atom. The van der Waals surface area contributed by atoms with Crippen LogP contribution in [-0.2, 0) is 11.2 Å². The number of fused-ring (bicyclic) bond motifs is 1. The van der Waals surface area contributed by atoms with Crippen molar-refractivity contribution in [2.24, 2.45) is 0 Å². The Bertz CT molecular complexity index is 804. The molecule has 0 aliphatic carbocycles. The molecule has 1 aliphatic heterocycles. The molecule has 0 spiro atoms. The van der Waals surface area contributed by atoms with Gasteiger partial charge in [-0.25, -0.2) is 0 Å². The van der Waals surface area contributed by atoms with E-state index in [0.717, 1.165) is 40.4 Å². The molecule has 1 aliphatic rings. The van der Waals surface area contributed by atoms with Gasteiger partial charge < -0.3 is 20.1 Å². The summed E-state index contributed by atoms with van der Waals surface area (Å²) in [6, 6.07) is 11.2. The number of anilines is 2. The number of benzene rings is 2. The van der Waals surface area contributed by atoms with Crippen LogP contribution in [0.4, 0.5) is 11.4 Å². The maximum absolute atomic E-state index is 12.6. The second-order valence-corrected chi connectivity index (χ2v) is 6.69. The van der Waals surface area contributed by atoms with E-state index in [0.29, 0.717) is 6.61 Å². The number of ether oxygens (including phenoxy) is 2. The first-order chi connectivity index (χ1) is 12.5. The van der Waals surface area contributed by atoms with Gasteiger partial charge in [0.2, 0.25) is 5.91 Å². The summed E-state index contributed by atoms with van der Waals surface area (Å²) in [5, 5.41) is 6.23. The predicted molar refractivity (Wildman–Crippen MR) is 104 cm³/mol. The van der Waals surface area contributed by atoms with Crippen LogP contribution in [0, 0.1) is 6.92 Å². The third kappa shape index (κ3) is 3.93. The molecule has 1 amide bonds. The molecule has 0 unspecified atom stereocenters. The molecule has 138 valence electrons. The topological polar surface area (TPSA) is 59.6 Å². The normalized spacial score (nSPS) is 16.4. The van der Waals surface area contributed by atoms with E-state index in [4.69, 9.17) is 9.47 Å². The van der Waals surface area contributed by atoms with E-state index < -0.39 is 6.04 Å². The summed E-state index contributed by atoms with van der Waals surface area (Å²) in [5.74, 6) is 1.51. The third-order valence-corrected chi connectivity index (χ3v) is 4.47. The third-order valence-electron chi connectivity index (χ3n) is 4.47. The van der Waals surface area contributed by atoms with Gasteiger partial charge in [0.25, 0.3) is 0 Å². The summed E-state index contributed by atoms with van der Waals surface area (Å²) in [6.45, 7) is 8.36. The van der Waals surface area contributed by atoms with Gasteiger partial charge >= 0.3 is 0 Å². The minimum Gasteiger partial charge on any atom is -0.492 e. The van der Waals surface area contributed by atoms with Gasteiger partial charge in [-0.15, -0.1) is 0 Å². The number of amides is 1. The van der Waals surface area contributed by atoms with E-state index in [1.54, 1.807) is 0 Å². The van der Waals surface area contributed by atoms with Gasteiger partial charge in [0.05, 0.1) is 12.3 Å². The van der Waals surface area contributed by atoms with Crippen molar-refractivity contribution in [3.63, 3.8) is 0 Å². The molecule has 5 heteroatoms. The van der Waals surface area contributed by atoms with Crippen LogP contribution >= 0.6 is 0 Å². The van der Waals surface area contributed by atoms with Crippen LogP contribution in [0.15, 0.2) is 36.4 Å². The molecule has 0 aromatic heterocycles. The van der Waals surface area contributed by atoms with Crippen LogP contribution < -0.4 is 20.1 Å². The monoisotopic (exact) mass is 354 g/mol. The number of hydrogen-bond acceptors (Lipinski definition) is 4. The fourth-order valence-electron chi connectivity index (χ4n) is 3.08. The number of rotatable bonds is 6. The van der Waals surface area contributed by atoms with E-state index in [-0.39, 0.29) is 12.0 Å². The molecule has 0 fully saturated rings. The lowest BCUT2D eigenvalue weighted by Crippen LogP contribution is -2.32. The van der Waals surface area contributed by atoms with Gasteiger partial charge in [0.1, 0.15) is 23.6 Å². The van der Waals surface area contributed by atoms with Gasteiger partial charge in [0.15, 0.2) is 0 Å². The Balaban J connectivity index is 1.76. The first-order valence-electron chi connectivity index (χ1n) is 9.07. The SMILES string of the molecule is CCOc1cc2c(cc1N[C@@H](C)C(=O)Nc1ccccc1C)O[C@H](C)C2. The summed E-state index contributed by atoms with van der Waals surface area (Å²) in [7, 11) is 0. The lowest BCUT2D eigenvalue weighted by atomic mass is 10.1. The molecule has 1 heterocycles. The van der Waals surface area contributed by atoms with E-state index in [2.05, 4.69) is 10.6 Å². The average Bonchev–Trinajstić information content (AvgIpc) is 2.96. The highest BCUT2D eigenvalue weighted by molar-refractivity contribution is 5.97. The fourth-order valence-corrected chi connectivity index (χ4v) is 3.08. The molecule has 2 N–H and O–H groups in total. The van der Waals surface area contributed by atoms with Crippen molar-refractivity contribution in [3.8, 4) is 11.5 Å². The molecule has 2 atom stereocenters. The van der Waals surface area contributed by atoms with E-state index in [9.17, 15) is 4.79 Å². The van der Waals surface area contributed by atoms with Crippen molar-refractivity contribution in [2.75, 3.05) is 17.2 Å². The Morgan fingerprint density at radius 1 is 1.31 bits per heavy atom. The predicted octanol–water partition coefficient (Wildman–Crippen LogP) is 4.16. The van der Waals surface area contributed by atoms with Crippen molar-refractivity contribution in [1.29, 1.82) is 0 Å². The number of para-hydroxylation sites is 1. The number of carbonyl (C=O) groups excluding carboxylic acids is 1. The molecule has 0 saturated heterocycles. The van der Waals surface area contributed by atoms with Gasteiger partial charge in [-0.3, -0.25) is 4.79 Å². The number of aryl methyl sites for hydroxylation is 1. The maximum atomic E-state index is 12.6. The van der Waals surface area contributed by atoms with Crippen molar-refractivity contribution < 1.29 is 14.3 Å². The van der Waals surface area contributed by atoms with Crippen LogP contribution in [-0.4, -0.2) is 24.7 Å². The molecule has 0 radical (unpaired) electrons.